The van der Waals surface area contributed by atoms with E-state index in [0.717, 1.165) is 35.0 Å². The fraction of sp³-hybridized carbons (Fsp3) is 0.476. The van der Waals surface area contributed by atoms with Gasteiger partial charge in [0.25, 0.3) is 5.91 Å². The van der Waals surface area contributed by atoms with Crippen LogP contribution >= 0.6 is 0 Å². The van der Waals surface area contributed by atoms with E-state index in [4.69, 9.17) is 9.72 Å². The molecule has 2 aliphatic rings. The van der Waals surface area contributed by atoms with Gasteiger partial charge in [0.1, 0.15) is 0 Å². The molecule has 1 aromatic heterocycles. The predicted molar refractivity (Wildman–Crippen MR) is 101 cm³/mol. The molecule has 2 heterocycles. The van der Waals surface area contributed by atoms with Crippen LogP contribution in [0.2, 0.25) is 0 Å². The number of aliphatic carboxylic acids is 1. The standard InChI is InChI=1S/C21H24N2O4/c1-13-2-5-17-15(10-13)16(11-18(22-17)14-3-4-14)20(26)23-21(12-19(24)25)6-8-27-9-7-21/h2,5,10-11,14H,3-4,6-9,12H2,1H3,(H,23,26)(H,24,25). The Labute approximate surface area is 157 Å². The molecule has 0 unspecified atom stereocenters. The second-order valence-electron chi connectivity index (χ2n) is 7.81. The molecule has 0 bridgehead atoms. The normalized spacial score (nSPS) is 19.0. The number of amides is 1. The molecular weight excluding hydrogens is 344 g/mol. The van der Waals surface area contributed by atoms with Crippen LogP contribution < -0.4 is 5.32 Å². The highest BCUT2D eigenvalue weighted by molar-refractivity contribution is 6.06. The molecule has 2 N–H and O–H groups in total. The zero-order valence-corrected chi connectivity index (χ0v) is 15.5. The van der Waals surface area contributed by atoms with Crippen molar-refractivity contribution in [2.75, 3.05) is 13.2 Å². The first-order valence-electron chi connectivity index (χ1n) is 9.49. The summed E-state index contributed by atoms with van der Waals surface area (Å²) in [4.78, 5) is 29.4. The van der Waals surface area contributed by atoms with Crippen LogP contribution in [0.3, 0.4) is 0 Å². The van der Waals surface area contributed by atoms with Gasteiger partial charge in [-0.25, -0.2) is 0 Å². The molecule has 1 saturated carbocycles. The van der Waals surface area contributed by atoms with Crippen LogP contribution in [-0.2, 0) is 9.53 Å². The van der Waals surface area contributed by atoms with Crippen molar-refractivity contribution in [3.8, 4) is 0 Å². The molecule has 0 radical (unpaired) electrons. The van der Waals surface area contributed by atoms with E-state index >= 15 is 0 Å². The van der Waals surface area contributed by atoms with Gasteiger partial charge in [0, 0.05) is 30.2 Å². The number of hydrogen-bond donors (Lipinski definition) is 2. The summed E-state index contributed by atoms with van der Waals surface area (Å²) < 4.78 is 5.38. The molecule has 1 saturated heterocycles. The smallest absolute Gasteiger partial charge is 0.305 e. The number of carboxylic acids is 1. The number of rotatable bonds is 5. The number of fused-ring (bicyclic) bond motifs is 1. The van der Waals surface area contributed by atoms with Crippen LogP contribution in [-0.4, -0.2) is 40.7 Å². The van der Waals surface area contributed by atoms with Crippen LogP contribution in [0, 0.1) is 6.92 Å². The third-order valence-corrected chi connectivity index (χ3v) is 5.54. The number of pyridine rings is 1. The minimum atomic E-state index is -0.911. The first-order valence-corrected chi connectivity index (χ1v) is 9.49. The third kappa shape index (κ3) is 3.81. The molecule has 6 heteroatoms. The maximum atomic E-state index is 13.2. The molecule has 1 amide bonds. The summed E-state index contributed by atoms with van der Waals surface area (Å²) in [5.41, 5.74) is 2.65. The monoisotopic (exact) mass is 368 g/mol. The molecule has 2 aromatic rings. The van der Waals surface area contributed by atoms with Gasteiger partial charge in [-0.2, -0.15) is 0 Å². The van der Waals surface area contributed by atoms with Gasteiger partial charge in [-0.15, -0.1) is 0 Å². The number of aromatic nitrogens is 1. The summed E-state index contributed by atoms with van der Waals surface area (Å²) in [5.74, 6) is -0.706. The lowest BCUT2D eigenvalue weighted by Crippen LogP contribution is -2.53. The average Bonchev–Trinajstić information content (AvgIpc) is 3.46. The summed E-state index contributed by atoms with van der Waals surface area (Å²) in [6, 6.07) is 7.82. The summed E-state index contributed by atoms with van der Waals surface area (Å²) >= 11 is 0. The van der Waals surface area contributed by atoms with E-state index in [1.54, 1.807) is 0 Å². The Morgan fingerprint density at radius 3 is 2.67 bits per heavy atom. The van der Waals surface area contributed by atoms with Crippen molar-refractivity contribution in [2.24, 2.45) is 0 Å². The molecule has 0 spiro atoms. The third-order valence-electron chi connectivity index (χ3n) is 5.54. The molecule has 2 fully saturated rings. The summed E-state index contributed by atoms with van der Waals surface area (Å²) in [6.07, 6.45) is 3.11. The fourth-order valence-corrected chi connectivity index (χ4v) is 3.84. The molecule has 1 aromatic carbocycles. The zero-order valence-electron chi connectivity index (χ0n) is 15.5. The minimum absolute atomic E-state index is 0.0976. The first-order chi connectivity index (χ1) is 13.0. The molecule has 4 rings (SSSR count). The SMILES string of the molecule is Cc1ccc2nc(C3CC3)cc(C(=O)NC3(CC(=O)O)CCOCC3)c2c1. The number of nitrogens with one attached hydrogen (secondary N) is 1. The van der Waals surface area contributed by atoms with Crippen molar-refractivity contribution >= 4 is 22.8 Å². The lowest BCUT2D eigenvalue weighted by atomic mass is 9.86. The van der Waals surface area contributed by atoms with E-state index in [0.29, 0.717) is 37.5 Å². The van der Waals surface area contributed by atoms with Gasteiger partial charge in [-0.1, -0.05) is 11.6 Å². The lowest BCUT2D eigenvalue weighted by molar-refractivity contribution is -0.139. The largest absolute Gasteiger partial charge is 0.481 e. The van der Waals surface area contributed by atoms with Gasteiger partial charge in [0.15, 0.2) is 0 Å². The highest BCUT2D eigenvalue weighted by atomic mass is 16.5. The van der Waals surface area contributed by atoms with E-state index in [-0.39, 0.29) is 12.3 Å². The highest BCUT2D eigenvalue weighted by Gasteiger charge is 2.37. The van der Waals surface area contributed by atoms with E-state index in [9.17, 15) is 14.7 Å². The maximum absolute atomic E-state index is 13.2. The molecule has 1 aliphatic heterocycles. The number of aryl methyl sites for hydroxylation is 1. The summed E-state index contributed by atoms with van der Waals surface area (Å²) in [7, 11) is 0. The van der Waals surface area contributed by atoms with Crippen LogP contribution in [0.5, 0.6) is 0 Å². The van der Waals surface area contributed by atoms with Crippen LogP contribution in [0.15, 0.2) is 24.3 Å². The maximum Gasteiger partial charge on any atom is 0.305 e. The number of carboxylic acid groups (broad SMARTS) is 1. The van der Waals surface area contributed by atoms with Gasteiger partial charge in [0.05, 0.1) is 23.0 Å². The molecule has 27 heavy (non-hydrogen) atoms. The van der Waals surface area contributed by atoms with Crippen molar-refractivity contribution < 1.29 is 19.4 Å². The molecule has 1 aliphatic carbocycles. The number of carbonyl (C=O) groups is 2. The van der Waals surface area contributed by atoms with E-state index in [2.05, 4.69) is 5.32 Å². The van der Waals surface area contributed by atoms with Crippen LogP contribution in [0.4, 0.5) is 0 Å². The Bertz CT molecular complexity index is 898. The van der Waals surface area contributed by atoms with Crippen molar-refractivity contribution in [2.45, 2.75) is 50.5 Å². The van der Waals surface area contributed by atoms with Gasteiger partial charge in [0.2, 0.25) is 0 Å². The van der Waals surface area contributed by atoms with Crippen LogP contribution in [0.25, 0.3) is 10.9 Å². The topological polar surface area (TPSA) is 88.5 Å². The Hall–Kier alpha value is -2.47. The predicted octanol–water partition coefficient (Wildman–Crippen LogP) is 3.17. The highest BCUT2D eigenvalue weighted by Crippen LogP contribution is 2.40. The number of carbonyl (C=O) groups excluding carboxylic acids is 1. The lowest BCUT2D eigenvalue weighted by Gasteiger charge is -2.37. The Kier molecular flexibility index (Phi) is 4.60. The quantitative estimate of drug-likeness (QED) is 0.846. The Morgan fingerprint density at radius 2 is 2.00 bits per heavy atom. The summed E-state index contributed by atoms with van der Waals surface area (Å²) in [6.45, 7) is 2.90. The molecule has 0 atom stereocenters. The van der Waals surface area contributed by atoms with E-state index < -0.39 is 11.5 Å². The Balaban J connectivity index is 1.72. The number of hydrogen-bond acceptors (Lipinski definition) is 4. The van der Waals surface area contributed by atoms with Crippen molar-refractivity contribution in [1.82, 2.24) is 10.3 Å². The fourth-order valence-electron chi connectivity index (χ4n) is 3.84. The second-order valence-corrected chi connectivity index (χ2v) is 7.81. The number of nitrogens with zero attached hydrogens (tertiary/aromatic N) is 1. The zero-order chi connectivity index (χ0) is 19.0. The van der Waals surface area contributed by atoms with E-state index in [1.165, 1.54) is 0 Å². The van der Waals surface area contributed by atoms with Gasteiger partial charge in [-0.3, -0.25) is 14.6 Å². The van der Waals surface area contributed by atoms with Crippen LogP contribution in [0.1, 0.15) is 59.6 Å². The van der Waals surface area contributed by atoms with Gasteiger partial charge >= 0.3 is 5.97 Å². The first kappa shape index (κ1) is 17.9. The Morgan fingerprint density at radius 1 is 1.26 bits per heavy atom. The number of benzene rings is 1. The van der Waals surface area contributed by atoms with Gasteiger partial charge < -0.3 is 15.2 Å². The van der Waals surface area contributed by atoms with Gasteiger partial charge in [-0.05, 0) is 50.8 Å². The van der Waals surface area contributed by atoms with Crippen molar-refractivity contribution in [1.29, 1.82) is 0 Å². The average molecular weight is 368 g/mol. The van der Waals surface area contributed by atoms with Crippen molar-refractivity contribution in [3.63, 3.8) is 0 Å². The summed E-state index contributed by atoms with van der Waals surface area (Å²) in [5, 5.41) is 13.2. The molecule has 6 nitrogen and oxygen atoms in total. The second kappa shape index (κ2) is 6.93. The molecule has 142 valence electrons. The number of ether oxygens (including phenoxy) is 1. The minimum Gasteiger partial charge on any atom is -0.481 e. The molecular formula is C21H24N2O4. The van der Waals surface area contributed by atoms with E-state index in [1.807, 2.05) is 31.2 Å². The van der Waals surface area contributed by atoms with Crippen molar-refractivity contribution in [3.05, 3.63) is 41.1 Å².